The number of hydrogen-bond acceptors (Lipinski definition) is 4. The first kappa shape index (κ1) is 18.1. The lowest BCUT2D eigenvalue weighted by Gasteiger charge is -2.34. The summed E-state index contributed by atoms with van der Waals surface area (Å²) >= 11 is 0. The lowest BCUT2D eigenvalue weighted by molar-refractivity contribution is 0.175. The van der Waals surface area contributed by atoms with Crippen molar-refractivity contribution in [2.75, 3.05) is 32.8 Å². The number of rotatable bonds is 3. The molecule has 0 radical (unpaired) electrons. The molecule has 116 valence electrons. The normalized spacial score (nSPS) is 18.4. The van der Waals surface area contributed by atoms with E-state index in [2.05, 4.69) is 34.5 Å². The molecular formula is C15H21Cl2N3O. The third-order valence-corrected chi connectivity index (χ3v) is 3.98. The minimum absolute atomic E-state index is 0. The molecule has 2 aliphatic heterocycles. The van der Waals surface area contributed by atoms with Crippen molar-refractivity contribution >= 4 is 24.8 Å². The average molecular weight is 330 g/mol. The van der Waals surface area contributed by atoms with Crippen molar-refractivity contribution in [1.29, 1.82) is 5.26 Å². The maximum absolute atomic E-state index is 9.11. The van der Waals surface area contributed by atoms with Crippen molar-refractivity contribution < 1.29 is 4.74 Å². The van der Waals surface area contributed by atoms with E-state index in [0.717, 1.165) is 45.0 Å². The van der Waals surface area contributed by atoms with Crippen molar-refractivity contribution in [3.05, 3.63) is 29.3 Å². The number of nitrogens with one attached hydrogen (secondary N) is 1. The second-order valence-corrected chi connectivity index (χ2v) is 5.13. The summed E-state index contributed by atoms with van der Waals surface area (Å²) in [5.74, 6) is 1.01. The highest BCUT2D eigenvalue weighted by Gasteiger charge is 2.23. The van der Waals surface area contributed by atoms with Gasteiger partial charge in [-0.15, -0.1) is 24.8 Å². The van der Waals surface area contributed by atoms with Crippen LogP contribution < -0.4 is 10.1 Å². The summed E-state index contributed by atoms with van der Waals surface area (Å²) in [5.41, 5.74) is 2.54. The highest BCUT2D eigenvalue weighted by Crippen LogP contribution is 2.31. The van der Waals surface area contributed by atoms with Crippen molar-refractivity contribution in [2.24, 2.45) is 0 Å². The Bertz CT molecular complexity index is 498. The molecule has 0 unspecified atom stereocenters. The number of halogens is 2. The number of ether oxygens (including phenoxy) is 1. The van der Waals surface area contributed by atoms with Crippen molar-refractivity contribution in [3.63, 3.8) is 0 Å². The molecule has 6 heteroatoms. The summed E-state index contributed by atoms with van der Waals surface area (Å²) in [6.45, 7) is 4.83. The van der Waals surface area contributed by atoms with Gasteiger partial charge in [-0.3, -0.25) is 4.90 Å². The van der Waals surface area contributed by atoms with E-state index in [1.807, 2.05) is 0 Å². The Kier molecular flexibility index (Phi) is 7.27. The summed E-state index contributed by atoms with van der Waals surface area (Å²) < 4.78 is 5.55. The van der Waals surface area contributed by atoms with Crippen LogP contribution in [0.4, 0.5) is 0 Å². The molecule has 4 nitrogen and oxygen atoms in total. The van der Waals surface area contributed by atoms with Crippen molar-refractivity contribution in [3.8, 4) is 11.8 Å². The van der Waals surface area contributed by atoms with Crippen LogP contribution in [0.25, 0.3) is 0 Å². The van der Waals surface area contributed by atoms with E-state index in [1.54, 1.807) is 0 Å². The Hall–Kier alpha value is -0.990. The van der Waals surface area contributed by atoms with Crippen LogP contribution in [0.5, 0.6) is 5.75 Å². The first-order valence-corrected chi connectivity index (χ1v) is 6.96. The predicted molar refractivity (Wildman–Crippen MR) is 87.6 cm³/mol. The smallest absolute Gasteiger partial charge is 0.122 e. The summed E-state index contributed by atoms with van der Waals surface area (Å²) in [5, 5.41) is 12.5. The van der Waals surface area contributed by atoms with Crippen LogP contribution in [0.1, 0.15) is 23.6 Å². The largest absolute Gasteiger partial charge is 0.493 e. The van der Waals surface area contributed by atoms with Gasteiger partial charge >= 0.3 is 0 Å². The fourth-order valence-electron chi connectivity index (χ4n) is 2.95. The number of nitrogens with zero attached hydrogens (tertiary/aromatic N) is 2. The van der Waals surface area contributed by atoms with E-state index in [4.69, 9.17) is 10.00 Å². The third kappa shape index (κ3) is 4.02. The zero-order valence-electron chi connectivity index (χ0n) is 11.9. The van der Waals surface area contributed by atoms with Gasteiger partial charge in [0.1, 0.15) is 5.75 Å². The van der Waals surface area contributed by atoms with E-state index >= 15 is 0 Å². The summed E-state index contributed by atoms with van der Waals surface area (Å²) in [6, 6.07) is 8.97. The molecule has 0 amide bonds. The molecule has 1 aromatic rings. The number of fused-ring (bicyclic) bond motifs is 1. The summed E-state index contributed by atoms with van der Waals surface area (Å²) in [4.78, 5) is 2.41. The first-order chi connectivity index (χ1) is 9.38. The third-order valence-electron chi connectivity index (χ3n) is 3.98. The van der Waals surface area contributed by atoms with E-state index in [9.17, 15) is 0 Å². The number of benzene rings is 1. The first-order valence-electron chi connectivity index (χ1n) is 6.96. The Labute approximate surface area is 138 Å². The number of piperazine rings is 1. The van der Waals surface area contributed by atoms with Crippen LogP contribution in [0.2, 0.25) is 0 Å². The van der Waals surface area contributed by atoms with Crippen LogP contribution in [0.15, 0.2) is 18.2 Å². The van der Waals surface area contributed by atoms with E-state index < -0.39 is 0 Å². The van der Waals surface area contributed by atoms with Gasteiger partial charge in [-0.1, -0.05) is 12.1 Å². The fourth-order valence-corrected chi connectivity index (χ4v) is 2.95. The van der Waals surface area contributed by atoms with Gasteiger partial charge in [-0.05, 0) is 17.2 Å². The van der Waals surface area contributed by atoms with Gasteiger partial charge in [0.15, 0.2) is 0 Å². The van der Waals surface area contributed by atoms with E-state index in [-0.39, 0.29) is 30.9 Å². The Morgan fingerprint density at radius 3 is 2.76 bits per heavy atom. The molecule has 3 rings (SSSR count). The molecule has 0 bridgehead atoms. The molecule has 1 aromatic carbocycles. The molecule has 1 fully saturated rings. The van der Waals surface area contributed by atoms with Crippen molar-refractivity contribution in [1.82, 2.24) is 10.2 Å². The molecule has 1 atom stereocenters. The van der Waals surface area contributed by atoms with Crippen LogP contribution in [-0.2, 0) is 6.42 Å². The van der Waals surface area contributed by atoms with E-state index in [1.165, 1.54) is 11.1 Å². The second-order valence-electron chi connectivity index (χ2n) is 5.13. The predicted octanol–water partition coefficient (Wildman–Crippen LogP) is 2.33. The number of hydrogen-bond donors (Lipinski definition) is 1. The zero-order chi connectivity index (χ0) is 13.1. The quantitative estimate of drug-likeness (QED) is 0.924. The molecule has 2 heterocycles. The van der Waals surface area contributed by atoms with Gasteiger partial charge in [0.05, 0.1) is 19.1 Å². The minimum atomic E-state index is 0. The highest BCUT2D eigenvalue weighted by atomic mass is 35.5. The molecule has 1 saturated heterocycles. The fraction of sp³-hybridized carbons (Fsp3) is 0.533. The molecular weight excluding hydrogens is 309 g/mol. The lowest BCUT2D eigenvalue weighted by Crippen LogP contribution is -2.45. The maximum atomic E-state index is 9.11. The van der Waals surface area contributed by atoms with Crippen LogP contribution in [0, 0.1) is 11.3 Å². The van der Waals surface area contributed by atoms with Gasteiger partial charge in [0, 0.05) is 38.6 Å². The lowest BCUT2D eigenvalue weighted by atomic mass is 9.98. The van der Waals surface area contributed by atoms with Gasteiger partial charge in [0.25, 0.3) is 0 Å². The van der Waals surface area contributed by atoms with Gasteiger partial charge in [-0.2, -0.15) is 5.26 Å². The Balaban J connectivity index is 0.00000110. The second kappa shape index (κ2) is 8.45. The molecule has 0 aromatic heterocycles. The molecule has 0 spiro atoms. The Morgan fingerprint density at radius 2 is 2.05 bits per heavy atom. The molecule has 0 saturated carbocycles. The minimum Gasteiger partial charge on any atom is -0.493 e. The molecule has 21 heavy (non-hydrogen) atoms. The van der Waals surface area contributed by atoms with Gasteiger partial charge in [0.2, 0.25) is 0 Å². The molecule has 0 aliphatic carbocycles. The standard InChI is InChI=1S/C15H19N3O.2ClH/c16-5-3-14(18-8-6-17-7-9-18)12-1-2-15-13(11-12)4-10-19-15;;/h1-2,11,14,17H,3-4,6-10H2;2*1H/t14-;;/m0../s1. The average Bonchev–Trinajstić information content (AvgIpc) is 2.93. The number of nitriles is 1. The summed E-state index contributed by atoms with van der Waals surface area (Å²) in [6.07, 6.45) is 1.55. The van der Waals surface area contributed by atoms with Crippen LogP contribution in [-0.4, -0.2) is 37.7 Å². The highest BCUT2D eigenvalue weighted by molar-refractivity contribution is 5.85. The van der Waals surface area contributed by atoms with E-state index in [0.29, 0.717) is 6.42 Å². The SMILES string of the molecule is Cl.Cl.N#CC[C@@H](c1ccc2c(c1)CCO2)N1CCNCC1. The van der Waals surface area contributed by atoms with Crippen LogP contribution >= 0.6 is 24.8 Å². The monoisotopic (exact) mass is 329 g/mol. The summed E-state index contributed by atoms with van der Waals surface area (Å²) in [7, 11) is 0. The Morgan fingerprint density at radius 1 is 1.29 bits per heavy atom. The molecule has 2 aliphatic rings. The van der Waals surface area contributed by atoms with Crippen molar-refractivity contribution in [2.45, 2.75) is 18.9 Å². The van der Waals surface area contributed by atoms with Crippen LogP contribution in [0.3, 0.4) is 0 Å². The topological polar surface area (TPSA) is 48.3 Å². The van der Waals surface area contributed by atoms with Gasteiger partial charge in [-0.25, -0.2) is 0 Å². The zero-order valence-corrected chi connectivity index (χ0v) is 13.5. The molecule has 1 N–H and O–H groups in total. The maximum Gasteiger partial charge on any atom is 0.122 e. The van der Waals surface area contributed by atoms with Gasteiger partial charge < -0.3 is 10.1 Å².